The van der Waals surface area contributed by atoms with Gasteiger partial charge in [0, 0.05) is 36.2 Å². The quantitative estimate of drug-likeness (QED) is 0.199. The predicted octanol–water partition coefficient (Wildman–Crippen LogP) is 6.81. The molecule has 1 N–H and O–H groups in total. The highest BCUT2D eigenvalue weighted by Crippen LogP contribution is 2.28. The number of carbonyl (C=O) groups is 2. The largest absolute Gasteiger partial charge is 0.361 e. The van der Waals surface area contributed by atoms with Crippen LogP contribution in [0.4, 0.5) is 0 Å². The maximum Gasteiger partial charge on any atom is 0.242 e. The van der Waals surface area contributed by atoms with Gasteiger partial charge in [0.15, 0.2) is 0 Å². The minimum Gasteiger partial charge on any atom is -0.361 e. The van der Waals surface area contributed by atoms with Crippen molar-refractivity contribution in [1.29, 1.82) is 0 Å². The van der Waals surface area contributed by atoms with E-state index in [1.54, 1.807) is 4.90 Å². The molecule has 0 radical (unpaired) electrons. The van der Waals surface area contributed by atoms with Crippen LogP contribution >= 0.6 is 0 Å². The molecule has 208 valence electrons. The Morgan fingerprint density at radius 2 is 1.29 bits per heavy atom. The molecule has 0 spiro atoms. The second-order valence-electron chi connectivity index (χ2n) is 10.7. The molecular formula is C36H37N3O2. The Morgan fingerprint density at radius 1 is 0.732 bits per heavy atom. The maximum atomic E-state index is 14.2. The van der Waals surface area contributed by atoms with E-state index in [2.05, 4.69) is 17.1 Å². The lowest BCUT2D eigenvalue weighted by Gasteiger charge is -2.33. The van der Waals surface area contributed by atoms with Gasteiger partial charge in [-0.15, -0.1) is 0 Å². The van der Waals surface area contributed by atoms with E-state index in [9.17, 15) is 9.59 Å². The molecule has 5 heteroatoms. The molecule has 2 amide bonds. The number of para-hydroxylation sites is 1. The van der Waals surface area contributed by atoms with Gasteiger partial charge in [-0.25, -0.2) is 0 Å². The van der Waals surface area contributed by atoms with Gasteiger partial charge in [0.25, 0.3) is 0 Å². The van der Waals surface area contributed by atoms with Gasteiger partial charge in [0.1, 0.15) is 6.54 Å². The normalized spacial score (nSPS) is 11.2. The zero-order chi connectivity index (χ0) is 28.6. The molecule has 0 saturated carbocycles. The van der Waals surface area contributed by atoms with E-state index < -0.39 is 5.92 Å². The molecule has 5 nitrogen and oxygen atoms in total. The summed E-state index contributed by atoms with van der Waals surface area (Å²) in [5.74, 6) is -0.612. The number of aromatic amines is 1. The number of hydrogen-bond acceptors (Lipinski definition) is 2. The van der Waals surface area contributed by atoms with Crippen molar-refractivity contribution < 1.29 is 9.59 Å². The number of H-pyrrole nitrogens is 1. The summed E-state index contributed by atoms with van der Waals surface area (Å²) in [6, 6.07) is 37.8. The molecule has 0 fully saturated rings. The number of aromatic nitrogens is 1. The minimum atomic E-state index is -0.485. The number of carbonyl (C=O) groups excluding carboxylic acids is 2. The molecule has 0 aliphatic heterocycles. The highest BCUT2D eigenvalue weighted by Gasteiger charge is 2.31. The lowest BCUT2D eigenvalue weighted by Crippen LogP contribution is -2.47. The molecule has 1 heterocycles. The first-order valence-electron chi connectivity index (χ1n) is 14.3. The number of nitrogens with one attached hydrogen (secondary N) is 1. The van der Waals surface area contributed by atoms with Crippen LogP contribution in [0, 0.1) is 0 Å². The minimum absolute atomic E-state index is 0.0212. The molecule has 0 saturated heterocycles. The Labute approximate surface area is 242 Å². The summed E-state index contributed by atoms with van der Waals surface area (Å²) in [5, 5.41) is 1.17. The van der Waals surface area contributed by atoms with Crippen molar-refractivity contribution in [1.82, 2.24) is 14.8 Å². The zero-order valence-electron chi connectivity index (χ0n) is 23.7. The first-order valence-corrected chi connectivity index (χ1v) is 14.3. The van der Waals surface area contributed by atoms with Crippen molar-refractivity contribution in [3.05, 3.63) is 144 Å². The first kappa shape index (κ1) is 27.9. The van der Waals surface area contributed by atoms with Gasteiger partial charge in [-0.1, -0.05) is 109 Å². The van der Waals surface area contributed by atoms with Gasteiger partial charge < -0.3 is 14.8 Å². The molecule has 4 aromatic carbocycles. The van der Waals surface area contributed by atoms with Gasteiger partial charge >= 0.3 is 0 Å². The molecule has 1 aromatic heterocycles. The number of benzene rings is 4. The first-order chi connectivity index (χ1) is 20.0. The Morgan fingerprint density at radius 3 is 1.90 bits per heavy atom. The number of nitrogens with zero attached hydrogens (tertiary/aromatic N) is 2. The smallest absolute Gasteiger partial charge is 0.242 e. The summed E-state index contributed by atoms with van der Waals surface area (Å²) >= 11 is 0. The SMILES string of the molecule is CC(C)N(CC(=O)N(CCc1c[nH]c2ccccc12)Cc1ccccc1)C(=O)C(c1ccccc1)c1ccccc1. The summed E-state index contributed by atoms with van der Waals surface area (Å²) in [7, 11) is 0. The topological polar surface area (TPSA) is 56.4 Å². The highest BCUT2D eigenvalue weighted by atomic mass is 16.2. The molecule has 41 heavy (non-hydrogen) atoms. The van der Waals surface area contributed by atoms with Crippen molar-refractivity contribution in [2.75, 3.05) is 13.1 Å². The van der Waals surface area contributed by atoms with Crippen LogP contribution in [0.2, 0.25) is 0 Å². The fourth-order valence-corrected chi connectivity index (χ4v) is 5.38. The lowest BCUT2D eigenvalue weighted by atomic mass is 9.89. The van der Waals surface area contributed by atoms with E-state index >= 15 is 0 Å². The van der Waals surface area contributed by atoms with E-state index in [-0.39, 0.29) is 24.4 Å². The Kier molecular flexibility index (Phi) is 8.95. The average Bonchev–Trinajstić information content (AvgIpc) is 3.42. The van der Waals surface area contributed by atoms with Crippen LogP contribution in [-0.2, 0) is 22.6 Å². The third kappa shape index (κ3) is 6.75. The number of fused-ring (bicyclic) bond motifs is 1. The monoisotopic (exact) mass is 543 g/mol. The average molecular weight is 544 g/mol. The van der Waals surface area contributed by atoms with Crippen LogP contribution in [-0.4, -0.2) is 45.7 Å². The van der Waals surface area contributed by atoms with Crippen molar-refractivity contribution >= 4 is 22.7 Å². The predicted molar refractivity (Wildman–Crippen MR) is 165 cm³/mol. The van der Waals surface area contributed by atoms with E-state index in [0.717, 1.165) is 28.6 Å². The van der Waals surface area contributed by atoms with Crippen LogP contribution < -0.4 is 0 Å². The Hall–Kier alpha value is -4.64. The van der Waals surface area contributed by atoms with Crippen molar-refractivity contribution in [3.8, 4) is 0 Å². The summed E-state index contributed by atoms with van der Waals surface area (Å²) < 4.78 is 0. The van der Waals surface area contributed by atoms with E-state index in [1.807, 2.05) is 128 Å². The molecule has 0 aliphatic carbocycles. The van der Waals surface area contributed by atoms with Crippen molar-refractivity contribution in [2.45, 2.75) is 38.8 Å². The van der Waals surface area contributed by atoms with Crippen LogP contribution in [0.3, 0.4) is 0 Å². The highest BCUT2D eigenvalue weighted by molar-refractivity contribution is 5.91. The van der Waals surface area contributed by atoms with Gasteiger partial charge in [-0.05, 0) is 48.6 Å². The summed E-state index contributed by atoms with van der Waals surface area (Å²) in [4.78, 5) is 35.2. The Bertz CT molecular complexity index is 1520. The van der Waals surface area contributed by atoms with Crippen LogP contribution in [0.5, 0.6) is 0 Å². The van der Waals surface area contributed by atoms with Gasteiger partial charge in [-0.3, -0.25) is 9.59 Å². The van der Waals surface area contributed by atoms with E-state index in [0.29, 0.717) is 13.1 Å². The molecule has 0 atom stereocenters. The number of hydrogen-bond donors (Lipinski definition) is 1. The Balaban J connectivity index is 1.40. The second kappa shape index (κ2) is 13.1. The van der Waals surface area contributed by atoms with E-state index in [1.165, 1.54) is 10.9 Å². The summed E-state index contributed by atoms with van der Waals surface area (Å²) in [5.41, 5.74) is 5.17. The molecule has 0 aliphatic rings. The zero-order valence-corrected chi connectivity index (χ0v) is 23.7. The number of amides is 2. The molecule has 0 unspecified atom stereocenters. The van der Waals surface area contributed by atoms with Gasteiger partial charge in [-0.2, -0.15) is 0 Å². The maximum absolute atomic E-state index is 14.2. The van der Waals surface area contributed by atoms with Crippen LogP contribution in [0.1, 0.15) is 42.0 Å². The third-order valence-electron chi connectivity index (χ3n) is 7.62. The number of rotatable bonds is 11. The fraction of sp³-hybridized carbons (Fsp3) is 0.222. The van der Waals surface area contributed by atoms with Crippen LogP contribution in [0.25, 0.3) is 10.9 Å². The van der Waals surface area contributed by atoms with Gasteiger partial charge in [0.2, 0.25) is 11.8 Å². The summed E-state index contributed by atoms with van der Waals surface area (Å²) in [6.07, 6.45) is 2.75. The second-order valence-corrected chi connectivity index (χ2v) is 10.7. The third-order valence-corrected chi connectivity index (χ3v) is 7.62. The lowest BCUT2D eigenvalue weighted by molar-refractivity contribution is -0.142. The molecule has 0 bridgehead atoms. The molecular weight excluding hydrogens is 506 g/mol. The molecule has 5 aromatic rings. The fourth-order valence-electron chi connectivity index (χ4n) is 5.38. The standard InChI is InChI=1S/C36H37N3O2/c1-27(2)39(36(41)35(29-16-8-4-9-17-29)30-18-10-5-11-19-30)26-34(40)38(25-28-14-6-3-7-15-28)23-22-31-24-37-33-21-13-12-20-32(31)33/h3-21,24,27,35,37H,22-23,25-26H2,1-2H3. The van der Waals surface area contributed by atoms with Crippen molar-refractivity contribution in [3.63, 3.8) is 0 Å². The van der Waals surface area contributed by atoms with Crippen molar-refractivity contribution in [2.24, 2.45) is 0 Å². The summed E-state index contributed by atoms with van der Waals surface area (Å²) in [6.45, 7) is 5.02. The van der Waals surface area contributed by atoms with E-state index in [4.69, 9.17) is 0 Å². The van der Waals surface area contributed by atoms with Crippen LogP contribution in [0.15, 0.2) is 121 Å². The molecule has 5 rings (SSSR count). The van der Waals surface area contributed by atoms with Gasteiger partial charge in [0.05, 0.1) is 5.92 Å².